The van der Waals surface area contributed by atoms with Crippen molar-refractivity contribution >= 4 is 33.6 Å². The van der Waals surface area contributed by atoms with Crippen LogP contribution < -0.4 is 10.6 Å². The van der Waals surface area contributed by atoms with E-state index in [1.54, 1.807) is 11.8 Å². The molecule has 3 nitrogen and oxygen atoms in total. The zero-order valence-electron chi connectivity index (χ0n) is 10.8. The van der Waals surface area contributed by atoms with E-state index in [4.69, 9.17) is 0 Å². The highest BCUT2D eigenvalue weighted by atomic mass is 79.9. The van der Waals surface area contributed by atoms with Gasteiger partial charge in [-0.05, 0) is 43.6 Å². The minimum absolute atomic E-state index is 0.128. The van der Waals surface area contributed by atoms with Crippen LogP contribution in [0.3, 0.4) is 0 Å². The van der Waals surface area contributed by atoms with E-state index < -0.39 is 0 Å². The molecule has 19 heavy (non-hydrogen) atoms. The van der Waals surface area contributed by atoms with Crippen LogP contribution in [-0.4, -0.2) is 30.0 Å². The maximum absolute atomic E-state index is 11.8. The molecule has 0 radical (unpaired) electrons. The van der Waals surface area contributed by atoms with Gasteiger partial charge in [-0.1, -0.05) is 28.1 Å². The predicted molar refractivity (Wildman–Crippen MR) is 84.3 cm³/mol. The van der Waals surface area contributed by atoms with E-state index in [0.29, 0.717) is 17.5 Å². The van der Waals surface area contributed by atoms with Gasteiger partial charge in [0.15, 0.2) is 0 Å². The van der Waals surface area contributed by atoms with E-state index in [-0.39, 0.29) is 5.91 Å². The van der Waals surface area contributed by atoms with Crippen molar-refractivity contribution in [2.24, 2.45) is 0 Å². The number of carbonyl (C=O) groups is 1. The molecule has 0 aromatic heterocycles. The van der Waals surface area contributed by atoms with Gasteiger partial charge < -0.3 is 10.6 Å². The molecule has 0 bridgehead atoms. The van der Waals surface area contributed by atoms with Crippen LogP contribution in [0.4, 0.5) is 0 Å². The molecule has 1 fully saturated rings. The number of hydrogen-bond donors (Lipinski definition) is 2. The van der Waals surface area contributed by atoms with Crippen LogP contribution in [0.2, 0.25) is 0 Å². The SMILES string of the molecule is O=C(CSC1CCNCC1)NCc1cccc(Br)c1. The monoisotopic (exact) mass is 342 g/mol. The van der Waals surface area contributed by atoms with Gasteiger partial charge in [0.05, 0.1) is 5.75 Å². The fraction of sp³-hybridized carbons (Fsp3) is 0.500. The topological polar surface area (TPSA) is 41.1 Å². The summed E-state index contributed by atoms with van der Waals surface area (Å²) in [7, 11) is 0. The maximum Gasteiger partial charge on any atom is 0.230 e. The Morgan fingerprint density at radius 2 is 2.21 bits per heavy atom. The van der Waals surface area contributed by atoms with Crippen molar-refractivity contribution in [2.75, 3.05) is 18.8 Å². The average molecular weight is 343 g/mol. The lowest BCUT2D eigenvalue weighted by atomic mass is 10.2. The van der Waals surface area contributed by atoms with Gasteiger partial charge in [-0.2, -0.15) is 0 Å². The summed E-state index contributed by atoms with van der Waals surface area (Å²) in [6.45, 7) is 2.76. The smallest absolute Gasteiger partial charge is 0.230 e. The lowest BCUT2D eigenvalue weighted by Crippen LogP contribution is -2.31. The van der Waals surface area contributed by atoms with Crippen LogP contribution in [0, 0.1) is 0 Å². The first-order valence-corrected chi connectivity index (χ1v) is 8.41. The first kappa shape index (κ1) is 14.9. The summed E-state index contributed by atoms with van der Waals surface area (Å²) in [5, 5.41) is 6.94. The molecule has 2 rings (SSSR count). The van der Waals surface area contributed by atoms with E-state index in [1.165, 1.54) is 12.8 Å². The predicted octanol–water partition coefficient (Wildman–Crippen LogP) is 2.55. The lowest BCUT2D eigenvalue weighted by molar-refractivity contribution is -0.118. The Hall–Kier alpha value is -0.520. The number of hydrogen-bond acceptors (Lipinski definition) is 3. The molecule has 1 aromatic rings. The van der Waals surface area contributed by atoms with Crippen LogP contribution in [0.5, 0.6) is 0 Å². The fourth-order valence-corrected chi connectivity index (χ4v) is 3.56. The largest absolute Gasteiger partial charge is 0.351 e. The van der Waals surface area contributed by atoms with Crippen LogP contribution in [0.25, 0.3) is 0 Å². The molecule has 0 aliphatic carbocycles. The number of nitrogens with one attached hydrogen (secondary N) is 2. The molecule has 0 atom stereocenters. The first-order valence-electron chi connectivity index (χ1n) is 6.57. The summed E-state index contributed by atoms with van der Waals surface area (Å²) in [4.78, 5) is 11.8. The summed E-state index contributed by atoms with van der Waals surface area (Å²) in [5.74, 6) is 0.696. The molecule has 1 aromatic carbocycles. The van der Waals surface area contributed by atoms with Crippen LogP contribution in [0.1, 0.15) is 18.4 Å². The Labute approximate surface area is 127 Å². The Balaban J connectivity index is 1.66. The molecule has 1 aliphatic rings. The average Bonchev–Trinajstić information content (AvgIpc) is 2.44. The Kier molecular flexibility index (Phi) is 6.20. The third-order valence-electron chi connectivity index (χ3n) is 3.12. The van der Waals surface area contributed by atoms with Crippen molar-refractivity contribution in [2.45, 2.75) is 24.6 Å². The second-order valence-corrected chi connectivity index (χ2v) is 6.87. The van der Waals surface area contributed by atoms with Crippen molar-refractivity contribution < 1.29 is 4.79 Å². The van der Waals surface area contributed by atoms with E-state index >= 15 is 0 Å². The number of piperidine rings is 1. The summed E-state index contributed by atoms with van der Waals surface area (Å²) in [6, 6.07) is 8.01. The Morgan fingerprint density at radius 3 is 2.95 bits per heavy atom. The number of benzene rings is 1. The molecular formula is C14H19BrN2OS. The second kappa shape index (κ2) is 7.92. The third-order valence-corrected chi connectivity index (χ3v) is 4.98. The molecule has 0 spiro atoms. The fourth-order valence-electron chi connectivity index (χ4n) is 2.05. The van der Waals surface area contributed by atoms with E-state index in [9.17, 15) is 4.79 Å². The zero-order chi connectivity index (χ0) is 13.5. The highest BCUT2D eigenvalue weighted by Crippen LogP contribution is 2.19. The number of halogens is 1. The van der Waals surface area contributed by atoms with E-state index in [1.807, 2.05) is 24.3 Å². The van der Waals surface area contributed by atoms with Gasteiger partial charge in [-0.15, -0.1) is 11.8 Å². The van der Waals surface area contributed by atoms with E-state index in [0.717, 1.165) is 23.1 Å². The van der Waals surface area contributed by atoms with Crippen LogP contribution >= 0.6 is 27.7 Å². The zero-order valence-corrected chi connectivity index (χ0v) is 13.2. The molecule has 2 N–H and O–H groups in total. The molecule has 1 saturated heterocycles. The van der Waals surface area contributed by atoms with Gasteiger partial charge in [0.25, 0.3) is 0 Å². The summed E-state index contributed by atoms with van der Waals surface area (Å²) < 4.78 is 1.04. The van der Waals surface area contributed by atoms with Crippen molar-refractivity contribution in [3.8, 4) is 0 Å². The van der Waals surface area contributed by atoms with Crippen molar-refractivity contribution in [1.82, 2.24) is 10.6 Å². The van der Waals surface area contributed by atoms with Gasteiger partial charge in [0.2, 0.25) is 5.91 Å². The molecule has 104 valence electrons. The molecule has 0 unspecified atom stereocenters. The molecule has 1 amide bonds. The van der Waals surface area contributed by atoms with Gasteiger partial charge in [-0.3, -0.25) is 4.79 Å². The highest BCUT2D eigenvalue weighted by molar-refractivity contribution is 9.10. The summed E-state index contributed by atoms with van der Waals surface area (Å²) in [6.07, 6.45) is 2.34. The van der Waals surface area contributed by atoms with Gasteiger partial charge in [0, 0.05) is 16.3 Å². The van der Waals surface area contributed by atoms with Crippen molar-refractivity contribution in [3.05, 3.63) is 34.3 Å². The van der Waals surface area contributed by atoms with E-state index in [2.05, 4.69) is 26.6 Å². The van der Waals surface area contributed by atoms with Gasteiger partial charge in [-0.25, -0.2) is 0 Å². The normalized spacial score (nSPS) is 16.3. The lowest BCUT2D eigenvalue weighted by Gasteiger charge is -2.21. The summed E-state index contributed by atoms with van der Waals surface area (Å²) in [5.41, 5.74) is 1.12. The summed E-state index contributed by atoms with van der Waals surface area (Å²) >= 11 is 5.21. The van der Waals surface area contributed by atoms with Crippen LogP contribution in [-0.2, 0) is 11.3 Å². The molecule has 1 aliphatic heterocycles. The standard InChI is InChI=1S/C14H19BrN2OS/c15-12-3-1-2-11(8-12)9-17-14(18)10-19-13-4-6-16-7-5-13/h1-3,8,13,16H,4-7,9-10H2,(H,17,18). The van der Waals surface area contributed by atoms with Crippen LogP contribution in [0.15, 0.2) is 28.7 Å². The molecular weight excluding hydrogens is 324 g/mol. The van der Waals surface area contributed by atoms with Gasteiger partial charge in [0.1, 0.15) is 0 Å². The Bertz CT molecular complexity index is 422. The number of rotatable bonds is 5. The minimum Gasteiger partial charge on any atom is -0.351 e. The quantitative estimate of drug-likeness (QED) is 0.863. The maximum atomic E-state index is 11.8. The van der Waals surface area contributed by atoms with Crippen molar-refractivity contribution in [1.29, 1.82) is 0 Å². The minimum atomic E-state index is 0.128. The second-order valence-electron chi connectivity index (χ2n) is 4.67. The first-order chi connectivity index (χ1) is 9.24. The number of amides is 1. The molecule has 0 saturated carbocycles. The number of carbonyl (C=O) groups excluding carboxylic acids is 1. The highest BCUT2D eigenvalue weighted by Gasteiger charge is 2.14. The number of thioether (sulfide) groups is 1. The third kappa shape index (κ3) is 5.55. The molecule has 1 heterocycles. The van der Waals surface area contributed by atoms with Crippen molar-refractivity contribution in [3.63, 3.8) is 0 Å². The van der Waals surface area contributed by atoms with Gasteiger partial charge >= 0.3 is 0 Å². The Morgan fingerprint density at radius 1 is 1.42 bits per heavy atom. The molecule has 5 heteroatoms.